The molecule has 1 aromatic heterocycles. The first kappa shape index (κ1) is 14.5. The maximum atomic E-state index is 11.1. The van der Waals surface area contributed by atoms with Crippen LogP contribution in [0.1, 0.15) is 33.6 Å². The Hall–Kier alpha value is -2.39. The Bertz CT molecular complexity index is 751. The molecule has 3 nitrogen and oxygen atoms in total. The molecule has 0 aliphatic carbocycles. The lowest BCUT2D eigenvalue weighted by molar-refractivity contribution is 0.112. The maximum Gasteiger partial charge on any atom is 0.150 e. The van der Waals surface area contributed by atoms with Crippen molar-refractivity contribution in [2.24, 2.45) is 0 Å². The maximum absolute atomic E-state index is 11.1. The largest absolute Gasteiger partial charge is 0.323 e. The molecule has 0 radical (unpaired) electrons. The van der Waals surface area contributed by atoms with Gasteiger partial charge in [-0.3, -0.25) is 4.79 Å². The van der Waals surface area contributed by atoms with E-state index in [0.29, 0.717) is 5.56 Å². The number of benzene rings is 1. The summed E-state index contributed by atoms with van der Waals surface area (Å²) in [7, 11) is 4.16. The fourth-order valence-corrected chi connectivity index (χ4v) is 2.76. The zero-order chi connectivity index (χ0) is 15.5. The highest BCUT2D eigenvalue weighted by Gasteiger charge is 2.15. The minimum atomic E-state index is 0.714. The van der Waals surface area contributed by atoms with E-state index in [-0.39, 0.29) is 0 Å². The zero-order valence-corrected chi connectivity index (χ0v) is 13.0. The second-order valence-electron chi connectivity index (χ2n) is 5.79. The molecule has 1 aliphatic rings. The molecule has 3 heteroatoms. The van der Waals surface area contributed by atoms with Crippen LogP contribution in [0.5, 0.6) is 0 Å². The molecule has 0 saturated heterocycles. The van der Waals surface area contributed by atoms with Gasteiger partial charge >= 0.3 is 0 Å². The third-order valence-corrected chi connectivity index (χ3v) is 3.90. The Morgan fingerprint density at radius 1 is 1.23 bits per heavy atom. The Kier molecular flexibility index (Phi) is 4.07. The first-order valence-corrected chi connectivity index (χ1v) is 7.49. The van der Waals surface area contributed by atoms with Crippen LogP contribution in [0.15, 0.2) is 42.6 Å². The molecule has 0 saturated carbocycles. The summed E-state index contributed by atoms with van der Waals surface area (Å²) in [6.07, 6.45) is 10.4. The van der Waals surface area contributed by atoms with Gasteiger partial charge in [-0.05, 0) is 55.9 Å². The molecule has 2 aromatic rings. The van der Waals surface area contributed by atoms with Gasteiger partial charge in [-0.15, -0.1) is 0 Å². The molecule has 0 spiro atoms. The lowest BCUT2D eigenvalue weighted by Gasteiger charge is -2.12. The fraction of sp³-hybridized carbons (Fsp3) is 0.211. The summed E-state index contributed by atoms with van der Waals surface area (Å²) in [5, 5.41) is 0. The molecule has 0 N–H and O–H groups in total. The normalized spacial score (nSPS) is 14.8. The van der Waals surface area contributed by atoms with Gasteiger partial charge in [0.2, 0.25) is 0 Å². The van der Waals surface area contributed by atoms with Crippen molar-refractivity contribution in [1.82, 2.24) is 9.47 Å². The van der Waals surface area contributed by atoms with Gasteiger partial charge in [-0.1, -0.05) is 18.2 Å². The quantitative estimate of drug-likeness (QED) is 0.686. The van der Waals surface area contributed by atoms with Gasteiger partial charge in [0, 0.05) is 30.1 Å². The van der Waals surface area contributed by atoms with Gasteiger partial charge in [-0.2, -0.15) is 0 Å². The molecule has 112 valence electrons. The fourth-order valence-electron chi connectivity index (χ4n) is 2.76. The standard InChI is InChI=1S/C19H20N2O/c1-20(2)10-3-5-17-18-13-15(14-22)7-8-16(18)9-12-21-11-4-6-19(17)21/h4-9,11-14H,3,10H2,1-2H3. The van der Waals surface area contributed by atoms with E-state index in [1.54, 1.807) is 0 Å². The summed E-state index contributed by atoms with van der Waals surface area (Å²) in [5.41, 5.74) is 5.33. The average molecular weight is 292 g/mol. The molecule has 1 aliphatic heterocycles. The minimum absolute atomic E-state index is 0.714. The lowest BCUT2D eigenvalue weighted by Crippen LogP contribution is -2.12. The predicted octanol–water partition coefficient (Wildman–Crippen LogP) is 3.63. The third kappa shape index (κ3) is 2.81. The summed E-state index contributed by atoms with van der Waals surface area (Å²) in [6.45, 7) is 1.00. The van der Waals surface area contributed by atoms with Crippen LogP contribution in [0.25, 0.3) is 17.8 Å². The van der Waals surface area contributed by atoms with E-state index in [2.05, 4.69) is 54.2 Å². The van der Waals surface area contributed by atoms with Crippen molar-refractivity contribution < 1.29 is 4.79 Å². The molecular formula is C19H20N2O. The van der Waals surface area contributed by atoms with Crippen LogP contribution < -0.4 is 0 Å². The van der Waals surface area contributed by atoms with Gasteiger partial charge < -0.3 is 9.47 Å². The number of nitrogens with zero attached hydrogens (tertiary/aromatic N) is 2. The Morgan fingerprint density at radius 2 is 2.09 bits per heavy atom. The first-order valence-electron chi connectivity index (χ1n) is 7.49. The predicted molar refractivity (Wildman–Crippen MR) is 91.7 cm³/mol. The van der Waals surface area contributed by atoms with Crippen molar-refractivity contribution in [2.75, 3.05) is 20.6 Å². The number of hydrogen-bond acceptors (Lipinski definition) is 2. The second-order valence-corrected chi connectivity index (χ2v) is 5.79. The van der Waals surface area contributed by atoms with Crippen LogP contribution in [0.2, 0.25) is 0 Å². The van der Waals surface area contributed by atoms with Gasteiger partial charge in [-0.25, -0.2) is 0 Å². The van der Waals surface area contributed by atoms with E-state index in [1.165, 1.54) is 5.57 Å². The van der Waals surface area contributed by atoms with Crippen LogP contribution in [0.3, 0.4) is 0 Å². The van der Waals surface area contributed by atoms with Crippen LogP contribution in [0.4, 0.5) is 0 Å². The van der Waals surface area contributed by atoms with Crippen LogP contribution in [-0.4, -0.2) is 36.4 Å². The van der Waals surface area contributed by atoms with E-state index >= 15 is 0 Å². The average Bonchev–Trinajstić information content (AvgIpc) is 2.92. The molecule has 3 rings (SSSR count). The van der Waals surface area contributed by atoms with Crippen LogP contribution in [0, 0.1) is 0 Å². The summed E-state index contributed by atoms with van der Waals surface area (Å²) < 4.78 is 2.13. The summed E-state index contributed by atoms with van der Waals surface area (Å²) in [5.74, 6) is 0. The highest BCUT2D eigenvalue weighted by Crippen LogP contribution is 2.31. The number of fused-ring (bicyclic) bond motifs is 2. The minimum Gasteiger partial charge on any atom is -0.323 e. The Morgan fingerprint density at radius 3 is 2.86 bits per heavy atom. The summed E-state index contributed by atoms with van der Waals surface area (Å²) >= 11 is 0. The highest BCUT2D eigenvalue weighted by atomic mass is 16.1. The number of carbonyl (C=O) groups is 1. The Balaban J connectivity index is 2.11. The molecule has 22 heavy (non-hydrogen) atoms. The van der Waals surface area contributed by atoms with Crippen molar-refractivity contribution in [1.29, 1.82) is 0 Å². The first-order chi connectivity index (χ1) is 10.7. The van der Waals surface area contributed by atoms with Crippen molar-refractivity contribution >= 4 is 24.1 Å². The third-order valence-electron chi connectivity index (χ3n) is 3.90. The number of carbonyl (C=O) groups excluding carboxylic acids is 1. The van der Waals surface area contributed by atoms with Crippen LogP contribution in [-0.2, 0) is 0 Å². The topological polar surface area (TPSA) is 25.2 Å². The van der Waals surface area contributed by atoms with Gasteiger partial charge in [0.1, 0.15) is 6.29 Å². The van der Waals surface area contributed by atoms with Crippen molar-refractivity contribution in [3.63, 3.8) is 0 Å². The van der Waals surface area contributed by atoms with Crippen molar-refractivity contribution in [3.8, 4) is 0 Å². The molecule has 0 bridgehead atoms. The molecule has 0 amide bonds. The summed E-state index contributed by atoms with van der Waals surface area (Å²) in [4.78, 5) is 13.3. The number of aromatic nitrogens is 1. The molecule has 1 aromatic carbocycles. The SMILES string of the molecule is CN(C)CCC=C1c2cc(C=O)ccc2C=Cn2cccc21. The van der Waals surface area contributed by atoms with Gasteiger partial charge in [0.15, 0.2) is 0 Å². The van der Waals surface area contributed by atoms with E-state index in [9.17, 15) is 4.79 Å². The molecule has 0 atom stereocenters. The van der Waals surface area contributed by atoms with E-state index in [0.717, 1.165) is 36.1 Å². The Labute approximate surface area is 131 Å². The van der Waals surface area contributed by atoms with E-state index < -0.39 is 0 Å². The summed E-state index contributed by atoms with van der Waals surface area (Å²) in [6, 6.07) is 10.0. The van der Waals surface area contributed by atoms with Crippen molar-refractivity contribution in [2.45, 2.75) is 6.42 Å². The molecule has 0 fully saturated rings. The smallest absolute Gasteiger partial charge is 0.150 e. The lowest BCUT2D eigenvalue weighted by atomic mass is 9.95. The second kappa shape index (κ2) is 6.16. The van der Waals surface area contributed by atoms with E-state index in [4.69, 9.17) is 0 Å². The molecule has 0 unspecified atom stereocenters. The number of hydrogen-bond donors (Lipinski definition) is 0. The highest BCUT2D eigenvalue weighted by molar-refractivity contribution is 5.90. The van der Waals surface area contributed by atoms with Gasteiger partial charge in [0.05, 0.1) is 5.69 Å². The molecular weight excluding hydrogens is 272 g/mol. The number of aldehydes is 1. The number of rotatable bonds is 4. The van der Waals surface area contributed by atoms with Gasteiger partial charge in [0.25, 0.3) is 0 Å². The van der Waals surface area contributed by atoms with Crippen LogP contribution >= 0.6 is 0 Å². The monoisotopic (exact) mass is 292 g/mol. The van der Waals surface area contributed by atoms with Crippen molar-refractivity contribution in [3.05, 3.63) is 65.0 Å². The molecule has 2 heterocycles. The van der Waals surface area contributed by atoms with E-state index in [1.807, 2.05) is 24.3 Å². The zero-order valence-electron chi connectivity index (χ0n) is 13.0.